The highest BCUT2D eigenvalue weighted by Crippen LogP contribution is 2.31. The fourth-order valence-corrected chi connectivity index (χ4v) is 3.03. The van der Waals surface area contributed by atoms with Crippen molar-refractivity contribution in [3.63, 3.8) is 0 Å². The number of hydrogen-bond acceptors (Lipinski definition) is 6. The Bertz CT molecular complexity index is 1060. The summed E-state index contributed by atoms with van der Waals surface area (Å²) >= 11 is 0. The van der Waals surface area contributed by atoms with Gasteiger partial charge in [-0.05, 0) is 42.8 Å². The van der Waals surface area contributed by atoms with Crippen molar-refractivity contribution in [1.82, 2.24) is 10.2 Å². The van der Waals surface area contributed by atoms with Crippen molar-refractivity contribution in [2.45, 2.75) is 13.3 Å². The quantitative estimate of drug-likeness (QED) is 0.611. The van der Waals surface area contributed by atoms with E-state index in [1.807, 2.05) is 6.07 Å². The third-order valence-corrected chi connectivity index (χ3v) is 4.31. The van der Waals surface area contributed by atoms with Gasteiger partial charge in [0.2, 0.25) is 5.91 Å². The summed E-state index contributed by atoms with van der Waals surface area (Å²) in [6.07, 6.45) is -0.384. The first-order valence-electron chi connectivity index (χ1n) is 9.22. The summed E-state index contributed by atoms with van der Waals surface area (Å²) in [5, 5.41) is 13.1. The topological polar surface area (TPSA) is 115 Å². The minimum absolute atomic E-state index is 0.158. The molecule has 0 bridgehead atoms. The second-order valence-corrected chi connectivity index (χ2v) is 6.38. The molecule has 0 radical (unpaired) electrons. The van der Waals surface area contributed by atoms with E-state index in [0.717, 1.165) is 11.1 Å². The molecule has 0 aliphatic carbocycles. The van der Waals surface area contributed by atoms with Crippen molar-refractivity contribution in [1.29, 1.82) is 0 Å². The highest BCUT2D eigenvalue weighted by molar-refractivity contribution is 6.02. The van der Waals surface area contributed by atoms with Crippen LogP contribution in [0.4, 0.5) is 16.3 Å². The van der Waals surface area contributed by atoms with Crippen molar-refractivity contribution in [3.8, 4) is 11.5 Å². The average Bonchev–Trinajstić information content (AvgIpc) is 3.10. The molecule has 29 heavy (non-hydrogen) atoms. The summed E-state index contributed by atoms with van der Waals surface area (Å²) in [6, 6.07) is 10.6. The van der Waals surface area contributed by atoms with E-state index in [0.29, 0.717) is 41.6 Å². The number of fused-ring (bicyclic) bond motifs is 2. The fourth-order valence-electron chi connectivity index (χ4n) is 3.03. The maximum Gasteiger partial charge on any atom is 0.411 e. The Morgan fingerprint density at radius 3 is 2.76 bits per heavy atom. The molecule has 2 amide bonds. The number of amides is 2. The number of benzene rings is 2. The Morgan fingerprint density at radius 1 is 1.10 bits per heavy atom. The van der Waals surface area contributed by atoms with Crippen LogP contribution in [0.15, 0.2) is 36.4 Å². The first-order valence-corrected chi connectivity index (χ1v) is 9.22. The van der Waals surface area contributed by atoms with E-state index >= 15 is 0 Å². The molecule has 0 saturated heterocycles. The van der Waals surface area contributed by atoms with Gasteiger partial charge in [-0.2, -0.15) is 5.10 Å². The first kappa shape index (κ1) is 18.6. The van der Waals surface area contributed by atoms with Crippen LogP contribution in [0.25, 0.3) is 10.9 Å². The molecule has 0 atom stereocenters. The van der Waals surface area contributed by atoms with Gasteiger partial charge in [0.05, 0.1) is 18.5 Å². The van der Waals surface area contributed by atoms with E-state index in [1.54, 1.807) is 37.3 Å². The molecular weight excluding hydrogens is 376 g/mol. The molecule has 3 N–H and O–H groups in total. The zero-order valence-electron chi connectivity index (χ0n) is 15.8. The van der Waals surface area contributed by atoms with Gasteiger partial charge >= 0.3 is 6.09 Å². The second-order valence-electron chi connectivity index (χ2n) is 6.38. The number of H-pyrrole nitrogens is 1. The summed E-state index contributed by atoms with van der Waals surface area (Å²) in [5.41, 5.74) is 2.07. The number of ether oxygens (including phenoxy) is 3. The van der Waals surface area contributed by atoms with Crippen LogP contribution in [-0.2, 0) is 16.0 Å². The summed E-state index contributed by atoms with van der Waals surface area (Å²) in [6.45, 7) is 3.02. The molecule has 0 fully saturated rings. The number of rotatable bonds is 5. The molecule has 1 aliphatic heterocycles. The lowest BCUT2D eigenvalue weighted by atomic mass is 10.1. The van der Waals surface area contributed by atoms with E-state index in [-0.39, 0.29) is 18.9 Å². The molecule has 3 aromatic rings. The molecule has 150 valence electrons. The molecule has 0 saturated carbocycles. The molecular formula is C20H20N4O5. The number of anilines is 2. The fraction of sp³-hybridized carbons (Fsp3) is 0.250. The lowest BCUT2D eigenvalue weighted by Gasteiger charge is -2.18. The summed E-state index contributed by atoms with van der Waals surface area (Å²) in [4.78, 5) is 24.1. The van der Waals surface area contributed by atoms with Gasteiger partial charge in [0.1, 0.15) is 13.2 Å². The van der Waals surface area contributed by atoms with Crippen molar-refractivity contribution < 1.29 is 23.8 Å². The number of carbonyl (C=O) groups is 2. The second kappa shape index (κ2) is 8.09. The van der Waals surface area contributed by atoms with Crippen LogP contribution in [-0.4, -0.2) is 42.0 Å². The number of nitrogens with zero attached hydrogens (tertiary/aromatic N) is 1. The van der Waals surface area contributed by atoms with Gasteiger partial charge in [-0.15, -0.1) is 0 Å². The molecule has 9 nitrogen and oxygen atoms in total. The van der Waals surface area contributed by atoms with Crippen LogP contribution in [0.1, 0.15) is 12.5 Å². The Balaban J connectivity index is 1.47. The Hall–Kier alpha value is -3.75. The summed E-state index contributed by atoms with van der Waals surface area (Å²) < 4.78 is 15.9. The van der Waals surface area contributed by atoms with Gasteiger partial charge in [0.25, 0.3) is 0 Å². The highest BCUT2D eigenvalue weighted by Gasteiger charge is 2.15. The maximum atomic E-state index is 12.5. The number of hydrogen-bond donors (Lipinski definition) is 3. The van der Waals surface area contributed by atoms with Crippen molar-refractivity contribution in [2.75, 3.05) is 30.5 Å². The van der Waals surface area contributed by atoms with E-state index in [1.165, 1.54) is 0 Å². The van der Waals surface area contributed by atoms with Crippen LogP contribution in [0, 0.1) is 0 Å². The molecule has 2 aromatic carbocycles. The van der Waals surface area contributed by atoms with Gasteiger partial charge in [0.15, 0.2) is 17.3 Å². The monoisotopic (exact) mass is 396 g/mol. The summed E-state index contributed by atoms with van der Waals surface area (Å²) in [7, 11) is 0. The van der Waals surface area contributed by atoms with Crippen LogP contribution >= 0.6 is 0 Å². The molecule has 4 rings (SSSR count). The standard InChI is InChI=1S/C20H20N4O5/c1-2-27-20(26)21-13-4-5-15-14(11-13)19(24-23-15)22-18(25)10-12-3-6-16-17(9-12)29-8-7-28-16/h3-6,9,11H,2,7-8,10H2,1H3,(H,21,26)(H2,22,23,24,25). The van der Waals surface area contributed by atoms with Gasteiger partial charge in [0, 0.05) is 11.1 Å². The number of carbonyl (C=O) groups excluding carboxylic acids is 2. The Labute approximate surface area is 166 Å². The molecule has 0 unspecified atom stereocenters. The lowest BCUT2D eigenvalue weighted by molar-refractivity contribution is -0.115. The maximum absolute atomic E-state index is 12.5. The van der Waals surface area contributed by atoms with Gasteiger partial charge in [-0.1, -0.05) is 6.07 Å². The molecule has 9 heteroatoms. The zero-order chi connectivity index (χ0) is 20.2. The predicted molar refractivity (Wildman–Crippen MR) is 107 cm³/mol. The van der Waals surface area contributed by atoms with Crippen LogP contribution in [0.3, 0.4) is 0 Å². The van der Waals surface area contributed by atoms with E-state index < -0.39 is 6.09 Å². The SMILES string of the molecule is CCOC(=O)Nc1ccc2[nH]nc(NC(=O)Cc3ccc4c(c3)OCCO4)c2c1. The largest absolute Gasteiger partial charge is 0.486 e. The van der Waals surface area contributed by atoms with Gasteiger partial charge in [-0.3, -0.25) is 15.2 Å². The third-order valence-electron chi connectivity index (χ3n) is 4.31. The van der Waals surface area contributed by atoms with Crippen LogP contribution < -0.4 is 20.1 Å². The summed E-state index contributed by atoms with van der Waals surface area (Å²) in [5.74, 6) is 1.48. The predicted octanol–water partition coefficient (Wildman–Crippen LogP) is 3.08. The van der Waals surface area contributed by atoms with E-state index in [4.69, 9.17) is 14.2 Å². The van der Waals surface area contributed by atoms with Crippen molar-refractivity contribution >= 4 is 34.4 Å². The lowest BCUT2D eigenvalue weighted by Crippen LogP contribution is -2.17. The first-order chi connectivity index (χ1) is 14.1. The van der Waals surface area contributed by atoms with E-state index in [9.17, 15) is 9.59 Å². The molecule has 1 aromatic heterocycles. The Kier molecular flexibility index (Phi) is 5.19. The normalized spacial score (nSPS) is 12.4. The number of aromatic nitrogens is 2. The molecule has 2 heterocycles. The van der Waals surface area contributed by atoms with E-state index in [2.05, 4.69) is 20.8 Å². The third kappa shape index (κ3) is 4.23. The average molecular weight is 396 g/mol. The number of aromatic amines is 1. The minimum atomic E-state index is -0.542. The van der Waals surface area contributed by atoms with Crippen molar-refractivity contribution in [3.05, 3.63) is 42.0 Å². The van der Waals surface area contributed by atoms with Crippen LogP contribution in [0.2, 0.25) is 0 Å². The zero-order valence-corrected chi connectivity index (χ0v) is 15.8. The van der Waals surface area contributed by atoms with Crippen LogP contribution in [0.5, 0.6) is 11.5 Å². The van der Waals surface area contributed by atoms with Gasteiger partial charge in [-0.25, -0.2) is 4.79 Å². The molecule has 1 aliphatic rings. The minimum Gasteiger partial charge on any atom is -0.486 e. The van der Waals surface area contributed by atoms with Gasteiger partial charge < -0.3 is 19.5 Å². The highest BCUT2D eigenvalue weighted by atomic mass is 16.6. The Morgan fingerprint density at radius 2 is 1.93 bits per heavy atom. The smallest absolute Gasteiger partial charge is 0.411 e. The van der Waals surface area contributed by atoms with Crippen molar-refractivity contribution in [2.24, 2.45) is 0 Å². The molecule has 0 spiro atoms. The number of nitrogens with one attached hydrogen (secondary N) is 3.